The number of hydrogen-bond acceptors (Lipinski definition) is 7. The molecule has 32 heavy (non-hydrogen) atoms. The zero-order valence-corrected chi connectivity index (χ0v) is 20.0. The highest BCUT2D eigenvalue weighted by molar-refractivity contribution is 7.18. The van der Waals surface area contributed by atoms with E-state index in [1.807, 2.05) is 23.6 Å². The first-order valence-corrected chi connectivity index (χ1v) is 12.2. The van der Waals surface area contributed by atoms with Gasteiger partial charge in [0.15, 0.2) is 0 Å². The van der Waals surface area contributed by atoms with Gasteiger partial charge in [0.05, 0.1) is 18.2 Å². The van der Waals surface area contributed by atoms with E-state index in [1.165, 1.54) is 10.4 Å². The summed E-state index contributed by atoms with van der Waals surface area (Å²) in [5.74, 6) is 1.75. The van der Waals surface area contributed by atoms with Crippen molar-refractivity contribution in [1.29, 1.82) is 0 Å². The van der Waals surface area contributed by atoms with Crippen molar-refractivity contribution >= 4 is 27.2 Å². The van der Waals surface area contributed by atoms with Crippen molar-refractivity contribution in [2.45, 2.75) is 26.4 Å². The Labute approximate surface area is 192 Å². The third kappa shape index (κ3) is 3.91. The number of hydrogen-bond donors (Lipinski definition) is 0. The van der Waals surface area contributed by atoms with Crippen LogP contribution in [0.25, 0.3) is 10.2 Å². The van der Waals surface area contributed by atoms with Crippen LogP contribution in [0.1, 0.15) is 16.3 Å². The number of anilines is 1. The quantitative estimate of drug-likeness (QED) is 0.592. The summed E-state index contributed by atoms with van der Waals surface area (Å²) >= 11 is 1.70. The molecule has 0 N–H and O–H groups in total. The van der Waals surface area contributed by atoms with Gasteiger partial charge in [-0.3, -0.25) is 14.3 Å². The van der Waals surface area contributed by atoms with Gasteiger partial charge < -0.3 is 14.5 Å². The molecule has 3 aromatic rings. The van der Waals surface area contributed by atoms with Gasteiger partial charge in [0.2, 0.25) is 0 Å². The zero-order chi connectivity index (χ0) is 22.2. The van der Waals surface area contributed by atoms with E-state index in [-0.39, 0.29) is 5.56 Å². The van der Waals surface area contributed by atoms with Crippen molar-refractivity contribution in [3.63, 3.8) is 0 Å². The maximum atomic E-state index is 13.4. The number of rotatable bonds is 5. The van der Waals surface area contributed by atoms with Gasteiger partial charge in [-0.15, -0.1) is 11.3 Å². The minimum atomic E-state index is 0.141. The molecule has 0 unspecified atom stereocenters. The lowest BCUT2D eigenvalue weighted by Gasteiger charge is -2.36. The number of para-hydroxylation sites is 2. The second-order valence-electron chi connectivity index (χ2n) is 8.79. The fraction of sp³-hybridized carbons (Fsp3) is 0.500. The molecule has 2 aromatic heterocycles. The molecule has 1 fully saturated rings. The molecule has 0 radical (unpaired) electrons. The highest BCUT2D eigenvalue weighted by Crippen LogP contribution is 2.32. The predicted molar refractivity (Wildman–Crippen MR) is 130 cm³/mol. The smallest absolute Gasteiger partial charge is 0.262 e. The van der Waals surface area contributed by atoms with Gasteiger partial charge in [0.1, 0.15) is 16.4 Å². The molecule has 0 spiro atoms. The standard InChI is InChI=1S/C24H31N5O2S/c1-17-25-23-22(18-8-9-26(2)16-21(18)32-23)24(30)29(17)15-12-27-10-13-28(14-11-27)19-6-4-5-7-20(19)31-3/h4-7H,8-16H2,1-3H3. The van der Waals surface area contributed by atoms with E-state index in [0.29, 0.717) is 6.54 Å². The Morgan fingerprint density at radius 1 is 1.09 bits per heavy atom. The van der Waals surface area contributed by atoms with E-state index < -0.39 is 0 Å². The van der Waals surface area contributed by atoms with Crippen LogP contribution in [0.3, 0.4) is 0 Å². The van der Waals surface area contributed by atoms with Crippen LogP contribution < -0.4 is 15.2 Å². The summed E-state index contributed by atoms with van der Waals surface area (Å²) in [6, 6.07) is 8.20. The molecule has 0 saturated carbocycles. The highest BCUT2D eigenvalue weighted by atomic mass is 32.1. The molecule has 2 aliphatic heterocycles. The lowest BCUT2D eigenvalue weighted by molar-refractivity contribution is 0.245. The lowest BCUT2D eigenvalue weighted by Crippen LogP contribution is -2.47. The van der Waals surface area contributed by atoms with Crippen LogP contribution in [-0.4, -0.2) is 72.8 Å². The molecular formula is C24H31N5O2S. The van der Waals surface area contributed by atoms with Gasteiger partial charge in [-0.05, 0) is 38.1 Å². The van der Waals surface area contributed by atoms with E-state index in [0.717, 1.165) is 79.7 Å². The second kappa shape index (κ2) is 8.84. The first kappa shape index (κ1) is 21.4. The SMILES string of the molecule is COc1ccccc1N1CCN(CCn2c(C)nc3sc4c(c3c2=O)CCN(C)C4)CC1. The van der Waals surface area contributed by atoms with Crippen LogP contribution in [0.15, 0.2) is 29.1 Å². The van der Waals surface area contributed by atoms with Gasteiger partial charge in [0, 0.05) is 57.2 Å². The summed E-state index contributed by atoms with van der Waals surface area (Å²) in [6.45, 7) is 9.30. The number of ether oxygens (including phenoxy) is 1. The Bertz CT molecular complexity index is 1180. The van der Waals surface area contributed by atoms with Crippen LogP contribution in [0.2, 0.25) is 0 Å². The number of aromatic nitrogens is 2. The Balaban J connectivity index is 1.28. The lowest BCUT2D eigenvalue weighted by atomic mass is 10.1. The summed E-state index contributed by atoms with van der Waals surface area (Å²) in [5, 5.41) is 0.865. The van der Waals surface area contributed by atoms with Crippen LogP contribution in [-0.2, 0) is 19.5 Å². The van der Waals surface area contributed by atoms with E-state index in [2.05, 4.69) is 33.9 Å². The third-order valence-electron chi connectivity index (χ3n) is 6.78. The summed E-state index contributed by atoms with van der Waals surface area (Å²) in [6.07, 6.45) is 0.941. The minimum absolute atomic E-state index is 0.141. The molecule has 8 heteroatoms. The maximum absolute atomic E-state index is 13.4. The predicted octanol–water partition coefficient (Wildman–Crippen LogP) is 2.59. The molecule has 2 aliphatic rings. The molecule has 170 valence electrons. The van der Waals surface area contributed by atoms with Crippen LogP contribution >= 0.6 is 11.3 Å². The average molecular weight is 454 g/mol. The topological polar surface area (TPSA) is 53.8 Å². The minimum Gasteiger partial charge on any atom is -0.495 e. The first-order chi connectivity index (χ1) is 15.5. The Kier molecular flexibility index (Phi) is 5.92. The van der Waals surface area contributed by atoms with Crippen molar-refractivity contribution < 1.29 is 4.74 Å². The highest BCUT2D eigenvalue weighted by Gasteiger charge is 2.24. The molecule has 1 saturated heterocycles. The molecule has 4 heterocycles. The molecule has 0 aliphatic carbocycles. The van der Waals surface area contributed by atoms with Gasteiger partial charge in [0.25, 0.3) is 5.56 Å². The van der Waals surface area contributed by atoms with Crippen molar-refractivity contribution in [2.75, 3.05) is 58.3 Å². The van der Waals surface area contributed by atoms with Crippen LogP contribution in [0.5, 0.6) is 5.75 Å². The number of piperazine rings is 1. The zero-order valence-electron chi connectivity index (χ0n) is 19.1. The largest absolute Gasteiger partial charge is 0.495 e. The number of methoxy groups -OCH3 is 1. The first-order valence-electron chi connectivity index (χ1n) is 11.4. The monoisotopic (exact) mass is 453 g/mol. The Morgan fingerprint density at radius 3 is 2.66 bits per heavy atom. The number of nitrogens with zero attached hydrogens (tertiary/aromatic N) is 5. The molecular weight excluding hydrogens is 422 g/mol. The Hall–Kier alpha value is -2.42. The van der Waals surface area contributed by atoms with Gasteiger partial charge in [-0.25, -0.2) is 4.98 Å². The summed E-state index contributed by atoms with van der Waals surface area (Å²) in [7, 11) is 3.86. The van der Waals surface area contributed by atoms with E-state index in [4.69, 9.17) is 9.72 Å². The van der Waals surface area contributed by atoms with Gasteiger partial charge in [-0.1, -0.05) is 12.1 Å². The number of benzene rings is 1. The summed E-state index contributed by atoms with van der Waals surface area (Å²) in [4.78, 5) is 27.6. The van der Waals surface area contributed by atoms with E-state index in [1.54, 1.807) is 18.4 Å². The van der Waals surface area contributed by atoms with Crippen LogP contribution in [0, 0.1) is 6.92 Å². The number of fused-ring (bicyclic) bond motifs is 3. The van der Waals surface area contributed by atoms with Crippen molar-refractivity contribution in [1.82, 2.24) is 19.4 Å². The normalized spacial score (nSPS) is 17.7. The molecule has 5 rings (SSSR count). The molecule has 0 bridgehead atoms. The number of aryl methyl sites for hydroxylation is 1. The maximum Gasteiger partial charge on any atom is 0.262 e. The fourth-order valence-corrected chi connectivity index (χ4v) is 6.25. The molecule has 0 amide bonds. The number of thiophene rings is 1. The van der Waals surface area contributed by atoms with Crippen molar-refractivity contribution in [3.05, 3.63) is 50.9 Å². The van der Waals surface area contributed by atoms with Gasteiger partial charge in [-0.2, -0.15) is 0 Å². The summed E-state index contributed by atoms with van der Waals surface area (Å²) in [5.41, 5.74) is 2.53. The third-order valence-corrected chi connectivity index (χ3v) is 7.89. The van der Waals surface area contributed by atoms with Crippen molar-refractivity contribution in [2.24, 2.45) is 0 Å². The molecule has 0 atom stereocenters. The summed E-state index contributed by atoms with van der Waals surface area (Å²) < 4.78 is 7.42. The Morgan fingerprint density at radius 2 is 1.88 bits per heavy atom. The van der Waals surface area contributed by atoms with Gasteiger partial charge >= 0.3 is 0 Å². The molecule has 7 nitrogen and oxygen atoms in total. The fourth-order valence-electron chi connectivity index (χ4n) is 4.91. The van der Waals surface area contributed by atoms with E-state index >= 15 is 0 Å². The number of likely N-dealkylation sites (N-methyl/N-ethyl adjacent to an activating group) is 1. The molecule has 1 aromatic carbocycles. The van der Waals surface area contributed by atoms with E-state index in [9.17, 15) is 4.79 Å². The van der Waals surface area contributed by atoms with Crippen LogP contribution in [0.4, 0.5) is 5.69 Å². The van der Waals surface area contributed by atoms with Crippen molar-refractivity contribution in [3.8, 4) is 5.75 Å². The average Bonchev–Trinajstić information content (AvgIpc) is 3.16. The second-order valence-corrected chi connectivity index (χ2v) is 9.87.